The molecule has 118 valence electrons. The molecule has 0 saturated heterocycles. The lowest BCUT2D eigenvalue weighted by molar-refractivity contribution is -0.130. The second kappa shape index (κ2) is 8.54. The van der Waals surface area contributed by atoms with Gasteiger partial charge in [-0.2, -0.15) is 0 Å². The summed E-state index contributed by atoms with van der Waals surface area (Å²) in [6.45, 7) is 0.736. The molecule has 0 aliphatic heterocycles. The molecule has 1 amide bonds. The fourth-order valence-corrected chi connectivity index (χ4v) is 2.79. The SMILES string of the molecule is CN(CCOc1ccccc1F)C(=O)CCCc1cccs1. The number of hydrogen-bond donors (Lipinski definition) is 0. The zero-order valence-corrected chi connectivity index (χ0v) is 13.4. The topological polar surface area (TPSA) is 29.5 Å². The van der Waals surface area contributed by atoms with Crippen LogP contribution in [0.25, 0.3) is 0 Å². The molecule has 0 saturated carbocycles. The van der Waals surface area contributed by atoms with Crippen molar-refractivity contribution in [3.63, 3.8) is 0 Å². The van der Waals surface area contributed by atoms with Crippen LogP contribution in [0.4, 0.5) is 4.39 Å². The highest BCUT2D eigenvalue weighted by Gasteiger charge is 2.09. The van der Waals surface area contributed by atoms with Gasteiger partial charge in [-0.15, -0.1) is 11.3 Å². The molecule has 22 heavy (non-hydrogen) atoms. The van der Waals surface area contributed by atoms with Gasteiger partial charge in [0.1, 0.15) is 6.61 Å². The molecule has 0 unspecified atom stereocenters. The van der Waals surface area contributed by atoms with Crippen molar-refractivity contribution in [1.29, 1.82) is 0 Å². The number of carbonyl (C=O) groups excluding carboxylic acids is 1. The van der Waals surface area contributed by atoms with E-state index in [9.17, 15) is 9.18 Å². The van der Waals surface area contributed by atoms with Crippen LogP contribution in [0.3, 0.4) is 0 Å². The van der Waals surface area contributed by atoms with Crippen molar-refractivity contribution in [2.24, 2.45) is 0 Å². The first-order valence-corrected chi connectivity index (χ1v) is 8.18. The van der Waals surface area contributed by atoms with Crippen molar-refractivity contribution in [2.45, 2.75) is 19.3 Å². The Bertz CT molecular complexity index is 586. The van der Waals surface area contributed by atoms with E-state index in [2.05, 4.69) is 6.07 Å². The van der Waals surface area contributed by atoms with Crippen molar-refractivity contribution in [2.75, 3.05) is 20.2 Å². The molecule has 0 spiro atoms. The minimum Gasteiger partial charge on any atom is -0.489 e. The number of halogens is 1. The molecule has 2 aromatic rings. The van der Waals surface area contributed by atoms with Gasteiger partial charge in [-0.05, 0) is 36.4 Å². The molecule has 0 fully saturated rings. The van der Waals surface area contributed by atoms with E-state index < -0.39 is 0 Å². The van der Waals surface area contributed by atoms with Gasteiger partial charge in [0.05, 0.1) is 6.54 Å². The predicted molar refractivity (Wildman–Crippen MR) is 86.8 cm³/mol. The molecule has 0 N–H and O–H groups in total. The molecule has 3 nitrogen and oxygen atoms in total. The van der Waals surface area contributed by atoms with Crippen molar-refractivity contribution in [1.82, 2.24) is 4.90 Å². The van der Waals surface area contributed by atoms with E-state index in [4.69, 9.17) is 4.74 Å². The summed E-state index contributed by atoms with van der Waals surface area (Å²) in [5, 5.41) is 2.04. The average Bonchev–Trinajstić information content (AvgIpc) is 3.02. The van der Waals surface area contributed by atoms with E-state index in [0.717, 1.165) is 12.8 Å². The molecule has 0 atom stereocenters. The minimum absolute atomic E-state index is 0.0914. The van der Waals surface area contributed by atoms with Crippen LogP contribution in [0.5, 0.6) is 5.75 Å². The smallest absolute Gasteiger partial charge is 0.222 e. The Balaban J connectivity index is 1.65. The number of ether oxygens (including phenoxy) is 1. The third-order valence-electron chi connectivity index (χ3n) is 3.34. The van der Waals surface area contributed by atoms with Gasteiger partial charge in [-0.3, -0.25) is 4.79 Å². The monoisotopic (exact) mass is 321 g/mol. The number of benzene rings is 1. The lowest BCUT2D eigenvalue weighted by Crippen LogP contribution is -2.30. The summed E-state index contributed by atoms with van der Waals surface area (Å²) in [5.41, 5.74) is 0. The number of carbonyl (C=O) groups is 1. The molecule has 1 aromatic heterocycles. The van der Waals surface area contributed by atoms with Gasteiger partial charge in [0.15, 0.2) is 11.6 Å². The molecule has 0 aliphatic rings. The van der Waals surface area contributed by atoms with E-state index in [0.29, 0.717) is 13.0 Å². The van der Waals surface area contributed by atoms with E-state index in [-0.39, 0.29) is 24.1 Å². The summed E-state index contributed by atoms with van der Waals surface area (Å²) >= 11 is 1.72. The maximum atomic E-state index is 13.4. The number of rotatable bonds is 8. The Labute approximate surface area is 134 Å². The minimum atomic E-state index is -0.382. The van der Waals surface area contributed by atoms with E-state index in [1.165, 1.54) is 10.9 Å². The highest BCUT2D eigenvalue weighted by molar-refractivity contribution is 7.09. The number of para-hydroxylation sites is 1. The fraction of sp³-hybridized carbons (Fsp3) is 0.353. The predicted octanol–water partition coefficient (Wildman–Crippen LogP) is 3.75. The Morgan fingerprint density at radius 1 is 1.27 bits per heavy atom. The van der Waals surface area contributed by atoms with E-state index >= 15 is 0 Å². The van der Waals surface area contributed by atoms with Crippen LogP contribution in [-0.2, 0) is 11.2 Å². The first kappa shape index (κ1) is 16.5. The van der Waals surface area contributed by atoms with Crippen LogP contribution in [0.1, 0.15) is 17.7 Å². The van der Waals surface area contributed by atoms with Crippen LogP contribution in [0.15, 0.2) is 41.8 Å². The molecule has 2 rings (SSSR count). The molecular formula is C17H20FNO2S. The van der Waals surface area contributed by atoms with Gasteiger partial charge in [-0.1, -0.05) is 18.2 Å². The van der Waals surface area contributed by atoms with Crippen molar-refractivity contribution >= 4 is 17.2 Å². The maximum Gasteiger partial charge on any atom is 0.222 e. The summed E-state index contributed by atoms with van der Waals surface area (Å²) in [7, 11) is 1.75. The first-order valence-electron chi connectivity index (χ1n) is 7.30. The summed E-state index contributed by atoms with van der Waals surface area (Å²) < 4.78 is 18.7. The third kappa shape index (κ3) is 5.15. The Morgan fingerprint density at radius 2 is 2.09 bits per heavy atom. The zero-order valence-electron chi connectivity index (χ0n) is 12.6. The Kier molecular flexibility index (Phi) is 6.40. The van der Waals surface area contributed by atoms with Gasteiger partial charge < -0.3 is 9.64 Å². The molecule has 1 heterocycles. The van der Waals surface area contributed by atoms with Gasteiger partial charge in [0.25, 0.3) is 0 Å². The standard InChI is InChI=1S/C17H20FNO2S/c1-19(11-12-21-16-9-3-2-8-15(16)18)17(20)10-4-6-14-7-5-13-22-14/h2-3,5,7-9,13H,4,6,10-12H2,1H3. The highest BCUT2D eigenvalue weighted by atomic mass is 32.1. The van der Waals surface area contributed by atoms with Crippen LogP contribution < -0.4 is 4.74 Å². The Hall–Kier alpha value is -1.88. The van der Waals surface area contributed by atoms with Gasteiger partial charge in [0.2, 0.25) is 5.91 Å². The third-order valence-corrected chi connectivity index (χ3v) is 4.28. The number of hydrogen-bond acceptors (Lipinski definition) is 3. The van der Waals surface area contributed by atoms with Crippen molar-refractivity contribution in [3.8, 4) is 5.75 Å². The molecule has 0 bridgehead atoms. The molecule has 0 aliphatic carbocycles. The van der Waals surface area contributed by atoms with Crippen LogP contribution >= 0.6 is 11.3 Å². The lowest BCUT2D eigenvalue weighted by Gasteiger charge is -2.17. The molecule has 5 heteroatoms. The largest absolute Gasteiger partial charge is 0.489 e. The molecule has 0 radical (unpaired) electrons. The zero-order chi connectivity index (χ0) is 15.8. The average molecular weight is 321 g/mol. The van der Waals surface area contributed by atoms with Crippen molar-refractivity contribution in [3.05, 3.63) is 52.5 Å². The summed E-state index contributed by atoms with van der Waals surface area (Å²) in [6, 6.07) is 10.4. The first-order chi connectivity index (χ1) is 10.7. The lowest BCUT2D eigenvalue weighted by atomic mass is 10.2. The van der Waals surface area contributed by atoms with Gasteiger partial charge in [0, 0.05) is 18.3 Å². The van der Waals surface area contributed by atoms with E-state index in [1.54, 1.807) is 41.5 Å². The van der Waals surface area contributed by atoms with Gasteiger partial charge >= 0.3 is 0 Å². The number of nitrogens with zero attached hydrogens (tertiary/aromatic N) is 1. The number of thiophene rings is 1. The number of likely N-dealkylation sites (N-methyl/N-ethyl adjacent to an activating group) is 1. The highest BCUT2D eigenvalue weighted by Crippen LogP contribution is 2.15. The van der Waals surface area contributed by atoms with Crippen molar-refractivity contribution < 1.29 is 13.9 Å². The van der Waals surface area contributed by atoms with Crippen LogP contribution in [0.2, 0.25) is 0 Å². The quantitative estimate of drug-likeness (QED) is 0.741. The molecule has 1 aromatic carbocycles. The fourth-order valence-electron chi connectivity index (χ4n) is 2.04. The Morgan fingerprint density at radius 3 is 2.82 bits per heavy atom. The normalized spacial score (nSPS) is 10.5. The molecular weight excluding hydrogens is 301 g/mol. The second-order valence-electron chi connectivity index (χ2n) is 5.03. The summed E-state index contributed by atoms with van der Waals surface area (Å²) in [6.07, 6.45) is 2.30. The summed E-state index contributed by atoms with van der Waals surface area (Å²) in [5.74, 6) is -0.0674. The van der Waals surface area contributed by atoms with Crippen LogP contribution in [0, 0.1) is 5.82 Å². The maximum absolute atomic E-state index is 13.4. The van der Waals surface area contributed by atoms with E-state index in [1.807, 2.05) is 11.4 Å². The number of amides is 1. The van der Waals surface area contributed by atoms with Gasteiger partial charge in [-0.25, -0.2) is 4.39 Å². The number of aryl methyl sites for hydroxylation is 1. The van der Waals surface area contributed by atoms with Crippen LogP contribution in [-0.4, -0.2) is 31.0 Å². The summed E-state index contributed by atoms with van der Waals surface area (Å²) in [4.78, 5) is 14.9. The second-order valence-corrected chi connectivity index (χ2v) is 6.06.